The predicted molar refractivity (Wildman–Crippen MR) is 38.6 cm³/mol. The summed E-state index contributed by atoms with van der Waals surface area (Å²) in [5.74, 6) is 0. The molecule has 0 aromatic rings. The molecule has 0 spiro atoms. The van der Waals surface area contributed by atoms with Crippen LogP contribution in [0.5, 0.6) is 0 Å². The molecule has 0 aliphatic rings. The summed E-state index contributed by atoms with van der Waals surface area (Å²) < 4.78 is 0. The molecular formula is C7H16O3. The van der Waals surface area contributed by atoms with Gasteiger partial charge in [0.2, 0.25) is 0 Å². The first-order valence-corrected chi connectivity index (χ1v) is 3.69. The third kappa shape index (κ3) is 3.82. The number of aliphatic hydroxyl groups is 3. The minimum absolute atomic E-state index is 0.0769. The second-order valence-electron chi connectivity index (χ2n) is 2.41. The molecule has 0 aliphatic carbocycles. The number of aliphatic hydroxyl groups excluding tert-OH is 3. The van der Waals surface area contributed by atoms with Gasteiger partial charge in [0.25, 0.3) is 0 Å². The lowest BCUT2D eigenvalue weighted by Gasteiger charge is -2.14. The fourth-order valence-corrected chi connectivity index (χ4v) is 0.765. The molecule has 3 N–H and O–H groups in total. The van der Waals surface area contributed by atoms with Crippen molar-refractivity contribution in [2.75, 3.05) is 6.61 Å². The Hall–Kier alpha value is -0.120. The fourth-order valence-electron chi connectivity index (χ4n) is 0.765. The summed E-state index contributed by atoms with van der Waals surface area (Å²) in [6.45, 7) is 1.89. The highest BCUT2D eigenvalue weighted by molar-refractivity contribution is 4.64. The van der Waals surface area contributed by atoms with Crippen molar-refractivity contribution in [1.82, 2.24) is 0 Å². The lowest BCUT2D eigenvalue weighted by molar-refractivity contribution is 0.00936. The lowest BCUT2D eigenvalue weighted by atomic mass is 10.1. The van der Waals surface area contributed by atoms with E-state index in [1.807, 2.05) is 6.92 Å². The Morgan fingerprint density at radius 1 is 1.20 bits per heavy atom. The lowest BCUT2D eigenvalue weighted by Crippen LogP contribution is -2.24. The second kappa shape index (κ2) is 5.65. The fraction of sp³-hybridized carbons (Fsp3) is 1.00. The summed E-state index contributed by atoms with van der Waals surface area (Å²) in [7, 11) is 0. The van der Waals surface area contributed by atoms with Crippen molar-refractivity contribution in [3.8, 4) is 0 Å². The van der Waals surface area contributed by atoms with Crippen LogP contribution < -0.4 is 0 Å². The number of hydrogen-bond donors (Lipinski definition) is 3. The molecule has 10 heavy (non-hydrogen) atoms. The quantitative estimate of drug-likeness (QED) is 0.510. The summed E-state index contributed by atoms with van der Waals surface area (Å²) in [4.78, 5) is 0. The van der Waals surface area contributed by atoms with Gasteiger partial charge < -0.3 is 15.3 Å². The van der Waals surface area contributed by atoms with E-state index in [4.69, 9.17) is 15.3 Å². The maximum absolute atomic E-state index is 9.09. The minimum Gasteiger partial charge on any atom is -0.396 e. The maximum Gasteiger partial charge on any atom is 0.0799 e. The van der Waals surface area contributed by atoms with Gasteiger partial charge in [0.1, 0.15) is 0 Å². The first kappa shape index (κ1) is 9.88. The largest absolute Gasteiger partial charge is 0.396 e. The third-order valence-corrected chi connectivity index (χ3v) is 1.52. The van der Waals surface area contributed by atoms with Crippen molar-refractivity contribution in [2.45, 2.75) is 38.4 Å². The molecule has 0 unspecified atom stereocenters. The van der Waals surface area contributed by atoms with Crippen LogP contribution in [0.2, 0.25) is 0 Å². The maximum atomic E-state index is 9.09. The van der Waals surface area contributed by atoms with Crippen molar-refractivity contribution in [3.05, 3.63) is 0 Å². The molecule has 2 atom stereocenters. The van der Waals surface area contributed by atoms with Crippen LogP contribution in [0.3, 0.4) is 0 Å². The van der Waals surface area contributed by atoms with E-state index >= 15 is 0 Å². The topological polar surface area (TPSA) is 60.7 Å². The van der Waals surface area contributed by atoms with E-state index in [1.165, 1.54) is 0 Å². The van der Waals surface area contributed by atoms with Crippen LogP contribution in [0.4, 0.5) is 0 Å². The zero-order valence-electron chi connectivity index (χ0n) is 6.32. The van der Waals surface area contributed by atoms with Gasteiger partial charge in [-0.25, -0.2) is 0 Å². The van der Waals surface area contributed by atoms with Gasteiger partial charge in [-0.2, -0.15) is 0 Å². The molecular weight excluding hydrogens is 132 g/mol. The summed E-state index contributed by atoms with van der Waals surface area (Å²) in [5, 5.41) is 26.5. The average Bonchev–Trinajstić information content (AvgIpc) is 1.98. The van der Waals surface area contributed by atoms with Crippen LogP contribution >= 0.6 is 0 Å². The van der Waals surface area contributed by atoms with Gasteiger partial charge in [-0.3, -0.25) is 0 Å². The molecule has 0 saturated heterocycles. The second-order valence-corrected chi connectivity index (χ2v) is 2.41. The van der Waals surface area contributed by atoms with Gasteiger partial charge in [0.15, 0.2) is 0 Å². The summed E-state index contributed by atoms with van der Waals surface area (Å²) >= 11 is 0. The molecule has 0 saturated carbocycles. The Morgan fingerprint density at radius 3 is 2.20 bits per heavy atom. The molecule has 62 valence electrons. The monoisotopic (exact) mass is 148 g/mol. The number of rotatable bonds is 5. The Balaban J connectivity index is 3.31. The Bertz CT molecular complexity index is 75.3. The first-order valence-electron chi connectivity index (χ1n) is 3.69. The van der Waals surface area contributed by atoms with E-state index in [0.29, 0.717) is 19.3 Å². The van der Waals surface area contributed by atoms with Gasteiger partial charge in [-0.05, 0) is 19.3 Å². The Labute approximate surface area is 61.3 Å². The zero-order chi connectivity index (χ0) is 7.98. The van der Waals surface area contributed by atoms with E-state index in [1.54, 1.807) is 0 Å². The molecule has 0 bridgehead atoms. The van der Waals surface area contributed by atoms with Crippen LogP contribution in [-0.2, 0) is 0 Å². The van der Waals surface area contributed by atoms with Gasteiger partial charge in [0.05, 0.1) is 12.2 Å². The molecule has 0 heterocycles. The molecule has 0 amide bonds. The van der Waals surface area contributed by atoms with E-state index < -0.39 is 12.2 Å². The van der Waals surface area contributed by atoms with E-state index in [2.05, 4.69) is 0 Å². The van der Waals surface area contributed by atoms with Crippen LogP contribution in [0.15, 0.2) is 0 Å². The van der Waals surface area contributed by atoms with Crippen LogP contribution in [0.1, 0.15) is 26.2 Å². The average molecular weight is 148 g/mol. The molecule has 0 aromatic heterocycles. The molecule has 0 fully saturated rings. The molecule has 0 aliphatic heterocycles. The minimum atomic E-state index is -0.669. The zero-order valence-corrected chi connectivity index (χ0v) is 6.32. The van der Waals surface area contributed by atoms with Crippen molar-refractivity contribution >= 4 is 0 Å². The van der Waals surface area contributed by atoms with Crippen LogP contribution in [-0.4, -0.2) is 34.1 Å². The molecule has 3 nitrogen and oxygen atoms in total. The number of hydrogen-bond acceptors (Lipinski definition) is 3. The summed E-state index contributed by atoms with van der Waals surface area (Å²) in [6, 6.07) is 0. The highest BCUT2D eigenvalue weighted by atomic mass is 16.3. The first-order chi connectivity index (χ1) is 4.72. The third-order valence-electron chi connectivity index (χ3n) is 1.52. The highest BCUT2D eigenvalue weighted by Crippen LogP contribution is 2.04. The van der Waals surface area contributed by atoms with Crippen molar-refractivity contribution < 1.29 is 15.3 Å². The van der Waals surface area contributed by atoms with Crippen molar-refractivity contribution in [2.24, 2.45) is 0 Å². The molecule has 0 rings (SSSR count). The van der Waals surface area contributed by atoms with Gasteiger partial charge in [-0.15, -0.1) is 0 Å². The van der Waals surface area contributed by atoms with Crippen LogP contribution in [0, 0.1) is 0 Å². The van der Waals surface area contributed by atoms with E-state index in [0.717, 1.165) is 0 Å². The predicted octanol–water partition coefficient (Wildman–Crippen LogP) is -0.109. The highest BCUT2D eigenvalue weighted by Gasteiger charge is 2.12. The van der Waals surface area contributed by atoms with E-state index in [-0.39, 0.29) is 6.61 Å². The van der Waals surface area contributed by atoms with Crippen molar-refractivity contribution in [3.63, 3.8) is 0 Å². The summed E-state index contributed by atoms with van der Waals surface area (Å²) in [6.07, 6.45) is 0.291. The van der Waals surface area contributed by atoms with Gasteiger partial charge >= 0.3 is 0 Å². The molecule has 0 radical (unpaired) electrons. The SMILES string of the molecule is CC[C@@H](O)[C@@H](O)CCCO. The van der Waals surface area contributed by atoms with Crippen LogP contribution in [0.25, 0.3) is 0 Å². The Kier molecular flexibility index (Phi) is 5.58. The van der Waals surface area contributed by atoms with Gasteiger partial charge in [-0.1, -0.05) is 6.92 Å². The molecule has 3 heteroatoms. The van der Waals surface area contributed by atoms with E-state index in [9.17, 15) is 0 Å². The standard InChI is InChI=1S/C7H16O3/c1-2-6(9)7(10)4-3-5-8/h6-10H,2-5H2,1H3/t6-,7+/m1/s1. The summed E-state index contributed by atoms with van der Waals surface area (Å²) in [5.41, 5.74) is 0. The van der Waals surface area contributed by atoms with Crippen molar-refractivity contribution in [1.29, 1.82) is 0 Å². The smallest absolute Gasteiger partial charge is 0.0799 e. The molecule has 0 aromatic carbocycles. The Morgan fingerprint density at radius 2 is 1.80 bits per heavy atom. The van der Waals surface area contributed by atoms with Gasteiger partial charge in [0, 0.05) is 6.61 Å². The normalized spacial score (nSPS) is 16.8.